The van der Waals surface area contributed by atoms with Crippen molar-refractivity contribution in [3.8, 4) is 0 Å². The summed E-state index contributed by atoms with van der Waals surface area (Å²) in [6.07, 6.45) is -28.8. The first kappa shape index (κ1) is 79.1. The predicted molar refractivity (Wildman–Crippen MR) is 367 cm³/mol. The lowest BCUT2D eigenvalue weighted by Gasteiger charge is -2.52. The topological polar surface area (TPSA) is 324 Å². The first-order chi connectivity index (χ1) is 50.8. The molecule has 0 amide bonds. The molecule has 4 aliphatic heterocycles. The van der Waals surface area contributed by atoms with E-state index in [9.17, 15) is 33.9 Å². The molecule has 4 heterocycles. The molecule has 3 N–H and O–H groups in total. The van der Waals surface area contributed by atoms with Gasteiger partial charge in [-0.2, -0.15) is 0 Å². The van der Waals surface area contributed by atoms with Crippen LogP contribution in [0.4, 0.5) is 0 Å². The summed E-state index contributed by atoms with van der Waals surface area (Å²) in [7, 11) is 0. The number of aliphatic hydroxyl groups excluding tert-OH is 1. The Labute approximate surface area is 608 Å². The van der Waals surface area contributed by atoms with E-state index < -0.39 is 172 Å². The maximum atomic E-state index is 13.5. The molecule has 0 aliphatic carbocycles. The number of hydrogen-bond donors (Lipinski definition) is 2. The van der Waals surface area contributed by atoms with Gasteiger partial charge in [0.25, 0.3) is 0 Å². The molecule has 27 nitrogen and oxygen atoms in total. The number of ether oxygens (including phenoxy) is 19. The van der Waals surface area contributed by atoms with Gasteiger partial charge in [0.1, 0.15) is 80.4 Å². The van der Waals surface area contributed by atoms with Crippen LogP contribution in [0.5, 0.6) is 0 Å². The van der Waals surface area contributed by atoms with Crippen LogP contribution >= 0.6 is 0 Å². The second kappa shape index (κ2) is 39.8. The molecule has 0 spiro atoms. The van der Waals surface area contributed by atoms with E-state index in [0.717, 1.165) is 69.4 Å². The Morgan fingerprint density at radius 1 is 0.305 bits per heavy atom. The Hall–Kier alpha value is -8.46. The van der Waals surface area contributed by atoms with Crippen molar-refractivity contribution in [1.29, 1.82) is 0 Å². The average molecular weight is 1460 g/mol. The van der Waals surface area contributed by atoms with Gasteiger partial charge in [0, 0.05) is 41.5 Å². The van der Waals surface area contributed by atoms with Gasteiger partial charge in [-0.05, 0) is 33.4 Å². The Balaban J connectivity index is 1.12. The van der Waals surface area contributed by atoms with Crippen molar-refractivity contribution in [2.75, 3.05) is 26.4 Å². The molecule has 27 heteroatoms. The van der Waals surface area contributed by atoms with Crippen molar-refractivity contribution in [2.45, 2.75) is 204 Å². The van der Waals surface area contributed by atoms with E-state index in [0.29, 0.717) is 5.56 Å². The van der Waals surface area contributed by atoms with E-state index in [1.165, 1.54) is 0 Å². The summed E-state index contributed by atoms with van der Waals surface area (Å²) in [5.74, 6) is -5.24. The van der Waals surface area contributed by atoms with Crippen LogP contribution in [0.1, 0.15) is 74.9 Å². The molecule has 6 aromatic carbocycles. The molecular formula is C78H91NO26. The van der Waals surface area contributed by atoms with Crippen molar-refractivity contribution in [3.05, 3.63) is 215 Å². The second-order valence-corrected chi connectivity index (χ2v) is 25.5. The van der Waals surface area contributed by atoms with Gasteiger partial charge in [0.05, 0.1) is 58.9 Å². The highest BCUT2D eigenvalue weighted by molar-refractivity contribution is 5.69. The molecule has 10 rings (SSSR count). The highest BCUT2D eigenvalue weighted by atomic mass is 16.8. The molecule has 105 heavy (non-hydrogen) atoms. The number of esters is 6. The van der Waals surface area contributed by atoms with E-state index in [1.807, 2.05) is 182 Å². The fourth-order valence-corrected chi connectivity index (χ4v) is 12.7. The Morgan fingerprint density at radius 3 is 1.02 bits per heavy atom. The van der Waals surface area contributed by atoms with Gasteiger partial charge in [0.15, 0.2) is 49.6 Å². The monoisotopic (exact) mass is 1460 g/mol. The fraction of sp³-hybridized carbons (Fsp3) is 0.462. The highest BCUT2D eigenvalue weighted by Crippen LogP contribution is 2.40. The Morgan fingerprint density at radius 2 is 0.610 bits per heavy atom. The molecular weight excluding hydrogens is 1370 g/mol. The largest absolute Gasteiger partial charge is 0.463 e. The SMILES string of the molecule is CC(=O)OC[C@H]1O[C@@H](O[C@@H]2[C@@H](N)[C@H](O[C@@H]3[C@@H](OCc4ccccc4)[C@@H](COCc4ccccc4)O[C@@H](O[C@H]4[C@H](OCc5ccccc5)[C@@H](OCc5ccccc5)[C@H](O)O[C@@H]4COCc4ccccc4)[C@@H]3OCc3ccccc3)O[C@H](COC(C)=O)[C@H]2OC(C)=O)[C@H](OC(C)=O)[C@@H](OC(C)=O)[C@H]1OC(C)=O. The summed E-state index contributed by atoms with van der Waals surface area (Å²) in [6, 6.07) is 54.5. The van der Waals surface area contributed by atoms with E-state index in [1.54, 1.807) is 0 Å². The van der Waals surface area contributed by atoms with Crippen LogP contribution in [0, 0.1) is 0 Å². The first-order valence-electron chi connectivity index (χ1n) is 34.7. The van der Waals surface area contributed by atoms with Crippen LogP contribution in [0.2, 0.25) is 0 Å². The van der Waals surface area contributed by atoms with Crippen LogP contribution in [0.15, 0.2) is 182 Å². The number of nitrogens with two attached hydrogens (primary N) is 1. The predicted octanol–water partition coefficient (Wildman–Crippen LogP) is 6.99. The van der Waals surface area contributed by atoms with E-state index in [-0.39, 0.29) is 52.9 Å². The summed E-state index contributed by atoms with van der Waals surface area (Å²) < 4.78 is 124. The zero-order valence-corrected chi connectivity index (χ0v) is 59.2. The van der Waals surface area contributed by atoms with Gasteiger partial charge < -0.3 is 101 Å². The van der Waals surface area contributed by atoms with E-state index in [4.69, 9.17) is 95.7 Å². The van der Waals surface area contributed by atoms with Gasteiger partial charge in [-0.3, -0.25) is 28.8 Å². The average Bonchev–Trinajstić information content (AvgIpc) is 0.763. The van der Waals surface area contributed by atoms with Gasteiger partial charge >= 0.3 is 35.8 Å². The molecule has 0 bridgehead atoms. The van der Waals surface area contributed by atoms with Gasteiger partial charge in [-0.25, -0.2) is 0 Å². The number of carbonyl (C=O) groups excluding carboxylic acids is 6. The van der Waals surface area contributed by atoms with Gasteiger partial charge in [-0.1, -0.05) is 182 Å². The molecule has 0 radical (unpaired) electrons. The van der Waals surface area contributed by atoms with Crippen LogP contribution in [-0.4, -0.2) is 190 Å². The molecule has 4 saturated heterocycles. The minimum Gasteiger partial charge on any atom is -0.463 e. The van der Waals surface area contributed by atoms with Crippen LogP contribution < -0.4 is 5.73 Å². The third-order valence-corrected chi connectivity index (χ3v) is 17.4. The Kier molecular flexibility index (Phi) is 30.0. The molecule has 0 unspecified atom stereocenters. The van der Waals surface area contributed by atoms with Crippen LogP contribution in [0.3, 0.4) is 0 Å². The number of rotatable bonds is 34. The smallest absolute Gasteiger partial charge is 0.303 e. The highest BCUT2D eigenvalue weighted by Gasteiger charge is 2.60. The number of carbonyl (C=O) groups is 6. The van der Waals surface area contributed by atoms with E-state index in [2.05, 4.69) is 0 Å². The van der Waals surface area contributed by atoms with Crippen LogP contribution in [0.25, 0.3) is 0 Å². The third kappa shape index (κ3) is 23.3. The molecule has 564 valence electrons. The molecule has 0 aromatic heterocycles. The molecule has 20 atom stereocenters. The lowest BCUT2D eigenvalue weighted by atomic mass is 9.94. The fourth-order valence-electron chi connectivity index (χ4n) is 12.7. The zero-order valence-electron chi connectivity index (χ0n) is 59.2. The Bertz CT molecular complexity index is 3650. The maximum Gasteiger partial charge on any atom is 0.303 e. The molecule has 4 aliphatic rings. The van der Waals surface area contributed by atoms with Gasteiger partial charge in [0.2, 0.25) is 0 Å². The quantitative estimate of drug-likeness (QED) is 0.0303. The molecule has 0 saturated carbocycles. The summed E-state index contributed by atoms with van der Waals surface area (Å²) in [6.45, 7) is 4.88. The lowest BCUT2D eigenvalue weighted by molar-refractivity contribution is -0.390. The standard InChI is InChI=1S/C78H91NO26/c1-47(80)89-45-61-65(95-49(3)82)68(104-78-74(98-52(6)85)71(97-51(5)84)67(96-50(4)83)62(102-78)46-90-48(2)81)63(79)76(100-61)105-70-64(91-39-55-29-17-9-18-30-55)59(43-87-37-53-25-13-7-14-26-53)101-77(73(70)94-42-58-35-23-12-24-36-58)103-66-60(44-88-38-54-27-15-8-16-28-54)99-75(86)72(93-41-57-33-21-11-22-34-57)69(66)92-40-56-31-19-10-20-32-56/h7-36,59-78,86H,37-46,79H2,1-6H3/t59-,60-,61-,62-,63-,64+,65-,66-,67+,68-,69+,70-,71+,72-,73-,74-,75-,76+,77+,78+/m1/s1. The summed E-state index contributed by atoms with van der Waals surface area (Å²) in [4.78, 5) is 78.0. The number of benzene rings is 6. The maximum absolute atomic E-state index is 13.5. The minimum absolute atomic E-state index is 0.00202. The van der Waals surface area contributed by atoms with Crippen molar-refractivity contribution >= 4 is 35.8 Å². The second-order valence-electron chi connectivity index (χ2n) is 25.5. The lowest BCUT2D eigenvalue weighted by Crippen LogP contribution is -2.70. The minimum atomic E-state index is -1.93. The third-order valence-electron chi connectivity index (χ3n) is 17.4. The van der Waals surface area contributed by atoms with Crippen molar-refractivity contribution in [1.82, 2.24) is 0 Å². The first-order valence-corrected chi connectivity index (χ1v) is 34.7. The zero-order chi connectivity index (χ0) is 74.2. The summed E-state index contributed by atoms with van der Waals surface area (Å²) in [5.41, 5.74) is 12.2. The van der Waals surface area contributed by atoms with Crippen molar-refractivity contribution < 1.29 is 124 Å². The normalized spacial score (nSPS) is 28.8. The van der Waals surface area contributed by atoms with Crippen LogP contribution in [-0.2, 0) is 158 Å². The van der Waals surface area contributed by atoms with E-state index >= 15 is 0 Å². The number of hydrogen-bond acceptors (Lipinski definition) is 27. The summed E-state index contributed by atoms with van der Waals surface area (Å²) >= 11 is 0. The molecule has 6 aromatic rings. The molecule has 4 fully saturated rings. The van der Waals surface area contributed by atoms with Crippen molar-refractivity contribution in [3.63, 3.8) is 0 Å². The van der Waals surface area contributed by atoms with Crippen molar-refractivity contribution in [2.24, 2.45) is 5.73 Å². The van der Waals surface area contributed by atoms with Gasteiger partial charge in [-0.15, -0.1) is 0 Å². The summed E-state index contributed by atoms with van der Waals surface area (Å²) in [5, 5.41) is 12.3. The number of aliphatic hydroxyl groups is 1.